The molecule has 3 atom stereocenters. The zero-order valence-corrected chi connectivity index (χ0v) is 10.7. The Morgan fingerprint density at radius 1 is 1.37 bits per heavy atom. The fraction of sp³-hybridized carbons (Fsp3) is 0.600. The van der Waals surface area contributed by atoms with Crippen LogP contribution in [0.25, 0.3) is 0 Å². The normalized spacial score (nSPS) is 32.5. The molecule has 2 unspecified atom stereocenters. The number of hydrogen-bond acceptors (Lipinski definition) is 5. The fourth-order valence-electron chi connectivity index (χ4n) is 2.18. The summed E-state index contributed by atoms with van der Waals surface area (Å²) < 4.78 is 22.4. The van der Waals surface area contributed by atoms with Crippen molar-refractivity contribution in [1.29, 1.82) is 0 Å². The molecule has 1 fully saturated rings. The van der Waals surface area contributed by atoms with Crippen LogP contribution in [0.3, 0.4) is 0 Å². The van der Waals surface area contributed by atoms with Crippen molar-refractivity contribution in [2.24, 2.45) is 0 Å². The topological polar surface area (TPSA) is 124 Å². The number of nitrogens with zero attached hydrogens (tertiary/aromatic N) is 1. The lowest BCUT2D eigenvalue weighted by Crippen LogP contribution is -2.49. The summed E-state index contributed by atoms with van der Waals surface area (Å²) in [5.74, 6) is -1.42. The number of carboxylic acids is 1. The summed E-state index contributed by atoms with van der Waals surface area (Å²) in [6.45, 7) is -0.0774. The van der Waals surface area contributed by atoms with E-state index in [0.717, 1.165) is 10.3 Å². The largest absolute Gasteiger partial charge is 0.480 e. The Morgan fingerprint density at radius 2 is 2.05 bits per heavy atom. The molecule has 0 spiro atoms. The van der Waals surface area contributed by atoms with E-state index in [-0.39, 0.29) is 18.7 Å². The monoisotopic (exact) mass is 290 g/mol. The maximum absolute atomic E-state index is 11.9. The maximum Gasteiger partial charge on any atom is 0.326 e. The molecule has 3 N–H and O–H groups in total. The van der Waals surface area contributed by atoms with Gasteiger partial charge in [0, 0.05) is 18.4 Å². The van der Waals surface area contributed by atoms with Crippen molar-refractivity contribution in [3.05, 3.63) is 11.5 Å². The Kier molecular flexibility index (Phi) is 3.50. The van der Waals surface area contributed by atoms with Crippen LogP contribution in [0.4, 0.5) is 4.79 Å². The second-order valence-electron chi connectivity index (χ2n) is 4.61. The highest BCUT2D eigenvalue weighted by atomic mass is 32.2. The zero-order valence-electron chi connectivity index (χ0n) is 9.89. The van der Waals surface area contributed by atoms with E-state index >= 15 is 0 Å². The number of likely N-dealkylation sites (tertiary alicyclic amines) is 1. The Morgan fingerprint density at radius 3 is 2.58 bits per heavy atom. The number of carbonyl (C=O) groups is 2. The summed E-state index contributed by atoms with van der Waals surface area (Å²) >= 11 is 0. The number of sulfone groups is 1. The third-order valence-corrected chi connectivity index (χ3v) is 4.46. The van der Waals surface area contributed by atoms with Crippen molar-refractivity contribution < 1.29 is 28.2 Å². The molecule has 2 rings (SSSR count). The predicted molar refractivity (Wildman–Crippen MR) is 64.0 cm³/mol. The molecule has 106 valence electrons. The standard InChI is InChI=1S/C10H14N2O6S/c13-7-3-8(9(14)15)12(4-7)10(16)11-6-1-2-19(17,18)5-6/h1-2,6-8,13H,3-5H2,(H,11,16)(H,14,15)/t6?,7?,8-/m0/s1. The van der Waals surface area contributed by atoms with E-state index in [2.05, 4.69) is 5.32 Å². The first-order chi connectivity index (χ1) is 8.78. The third kappa shape index (κ3) is 3.04. The van der Waals surface area contributed by atoms with Gasteiger partial charge in [-0.3, -0.25) is 0 Å². The Balaban J connectivity index is 2.00. The van der Waals surface area contributed by atoms with Gasteiger partial charge in [-0.25, -0.2) is 18.0 Å². The highest BCUT2D eigenvalue weighted by Gasteiger charge is 2.39. The summed E-state index contributed by atoms with van der Waals surface area (Å²) in [6, 6.07) is -2.43. The van der Waals surface area contributed by atoms with Gasteiger partial charge in [0.15, 0.2) is 9.84 Å². The molecule has 9 heteroatoms. The SMILES string of the molecule is O=C(O)[C@@H]1CC(O)CN1C(=O)NC1C=CS(=O)(=O)C1. The van der Waals surface area contributed by atoms with E-state index in [0.29, 0.717) is 0 Å². The molecular weight excluding hydrogens is 276 g/mol. The van der Waals surface area contributed by atoms with Gasteiger partial charge in [-0.2, -0.15) is 0 Å². The van der Waals surface area contributed by atoms with Crippen LogP contribution in [-0.4, -0.2) is 66.0 Å². The number of urea groups is 1. The Labute approximate surface area is 109 Å². The molecule has 1 saturated heterocycles. The molecule has 0 bridgehead atoms. The van der Waals surface area contributed by atoms with Crippen molar-refractivity contribution in [2.45, 2.75) is 24.6 Å². The van der Waals surface area contributed by atoms with E-state index in [1.807, 2.05) is 0 Å². The molecule has 2 aliphatic rings. The summed E-state index contributed by atoms with van der Waals surface area (Å²) in [5.41, 5.74) is 0. The van der Waals surface area contributed by atoms with Crippen molar-refractivity contribution in [1.82, 2.24) is 10.2 Å². The second kappa shape index (κ2) is 4.82. The average Bonchev–Trinajstić information content (AvgIpc) is 2.82. The molecular formula is C10H14N2O6S. The van der Waals surface area contributed by atoms with Crippen LogP contribution < -0.4 is 5.32 Å². The minimum atomic E-state index is -3.28. The van der Waals surface area contributed by atoms with Crippen molar-refractivity contribution in [3.8, 4) is 0 Å². The molecule has 2 amide bonds. The minimum Gasteiger partial charge on any atom is -0.480 e. The third-order valence-electron chi connectivity index (χ3n) is 3.06. The number of nitrogens with one attached hydrogen (secondary N) is 1. The summed E-state index contributed by atoms with van der Waals surface area (Å²) in [5, 5.41) is 21.8. The van der Waals surface area contributed by atoms with Gasteiger partial charge in [0.2, 0.25) is 0 Å². The second-order valence-corrected chi connectivity index (χ2v) is 6.54. The molecule has 2 heterocycles. The molecule has 19 heavy (non-hydrogen) atoms. The highest BCUT2D eigenvalue weighted by Crippen LogP contribution is 2.19. The lowest BCUT2D eigenvalue weighted by molar-refractivity contribution is -0.141. The number of rotatable bonds is 2. The molecule has 2 aliphatic heterocycles. The van der Waals surface area contributed by atoms with Crippen LogP contribution in [-0.2, 0) is 14.6 Å². The molecule has 0 aromatic rings. The first-order valence-corrected chi connectivity index (χ1v) is 7.39. The lowest BCUT2D eigenvalue weighted by atomic mass is 10.2. The summed E-state index contributed by atoms with van der Waals surface area (Å²) in [6.07, 6.45) is 0.437. The molecule has 0 saturated carbocycles. The van der Waals surface area contributed by atoms with Gasteiger partial charge in [0.1, 0.15) is 6.04 Å². The number of β-amino-alcohol motifs (C(OH)–C–C–N with tert-alkyl or cyclic N) is 1. The lowest BCUT2D eigenvalue weighted by Gasteiger charge is -2.23. The average molecular weight is 290 g/mol. The van der Waals surface area contributed by atoms with Crippen LogP contribution in [0.15, 0.2) is 11.5 Å². The van der Waals surface area contributed by atoms with Crippen molar-refractivity contribution in [3.63, 3.8) is 0 Å². The first kappa shape index (κ1) is 13.8. The number of aliphatic carboxylic acids is 1. The quantitative estimate of drug-likeness (QED) is 0.570. The smallest absolute Gasteiger partial charge is 0.326 e. The number of aliphatic hydroxyl groups excluding tert-OH is 1. The molecule has 8 nitrogen and oxygen atoms in total. The van der Waals surface area contributed by atoms with Crippen LogP contribution in [0.2, 0.25) is 0 Å². The number of hydrogen-bond donors (Lipinski definition) is 3. The number of carboxylic acid groups (broad SMARTS) is 1. The van der Waals surface area contributed by atoms with Gasteiger partial charge in [-0.1, -0.05) is 0 Å². The van der Waals surface area contributed by atoms with E-state index in [1.165, 1.54) is 6.08 Å². The van der Waals surface area contributed by atoms with Gasteiger partial charge in [-0.15, -0.1) is 0 Å². The van der Waals surface area contributed by atoms with Crippen LogP contribution >= 0.6 is 0 Å². The van der Waals surface area contributed by atoms with Gasteiger partial charge in [0.25, 0.3) is 0 Å². The Hall–Kier alpha value is -1.61. The predicted octanol–water partition coefficient (Wildman–Crippen LogP) is -1.47. The first-order valence-electron chi connectivity index (χ1n) is 5.67. The maximum atomic E-state index is 11.9. The van der Waals surface area contributed by atoms with Gasteiger partial charge in [-0.05, 0) is 6.08 Å². The van der Waals surface area contributed by atoms with Gasteiger partial charge >= 0.3 is 12.0 Å². The van der Waals surface area contributed by atoms with Crippen LogP contribution in [0, 0.1) is 0 Å². The van der Waals surface area contributed by atoms with Gasteiger partial charge in [0.05, 0.1) is 17.9 Å². The summed E-state index contributed by atoms with van der Waals surface area (Å²) in [4.78, 5) is 23.8. The molecule has 0 aliphatic carbocycles. The minimum absolute atomic E-state index is 0.0262. The number of amides is 2. The van der Waals surface area contributed by atoms with E-state index in [9.17, 15) is 23.1 Å². The highest BCUT2D eigenvalue weighted by molar-refractivity contribution is 7.94. The van der Waals surface area contributed by atoms with E-state index in [4.69, 9.17) is 5.11 Å². The summed E-state index contributed by atoms with van der Waals surface area (Å²) in [7, 11) is -3.28. The molecule has 0 aromatic heterocycles. The van der Waals surface area contributed by atoms with Crippen molar-refractivity contribution in [2.75, 3.05) is 12.3 Å². The van der Waals surface area contributed by atoms with E-state index in [1.54, 1.807) is 0 Å². The zero-order chi connectivity index (χ0) is 14.2. The fourth-order valence-corrected chi connectivity index (χ4v) is 3.41. The van der Waals surface area contributed by atoms with Crippen LogP contribution in [0.1, 0.15) is 6.42 Å². The van der Waals surface area contributed by atoms with Gasteiger partial charge < -0.3 is 20.4 Å². The molecule has 0 aromatic carbocycles. The van der Waals surface area contributed by atoms with E-state index < -0.39 is 40.0 Å². The van der Waals surface area contributed by atoms with Crippen molar-refractivity contribution >= 4 is 21.8 Å². The number of aliphatic hydroxyl groups is 1. The molecule has 0 radical (unpaired) electrons. The van der Waals surface area contributed by atoms with Crippen LogP contribution in [0.5, 0.6) is 0 Å². The Bertz CT molecular complexity index is 528. The number of carbonyl (C=O) groups excluding carboxylic acids is 1.